The molecule has 4 aromatic rings. The van der Waals surface area contributed by atoms with Crippen LogP contribution in [-0.4, -0.2) is 38.2 Å². The van der Waals surface area contributed by atoms with Crippen LogP contribution < -0.4 is 10.2 Å². The number of carbonyl (C=O) groups excluding carboxylic acids is 1. The molecule has 0 unspecified atom stereocenters. The summed E-state index contributed by atoms with van der Waals surface area (Å²) in [7, 11) is 1.84. The maximum atomic E-state index is 14.3. The van der Waals surface area contributed by atoms with Crippen molar-refractivity contribution in [2.75, 3.05) is 23.3 Å². The minimum atomic E-state index is -0.487. The number of carbonyl (C=O) groups is 1. The summed E-state index contributed by atoms with van der Waals surface area (Å²) in [6.45, 7) is 3.64. The van der Waals surface area contributed by atoms with E-state index in [1.54, 1.807) is 34.5 Å². The largest absolute Gasteiger partial charge is 0.371 e. The summed E-state index contributed by atoms with van der Waals surface area (Å²) in [6, 6.07) is 5.03. The van der Waals surface area contributed by atoms with Crippen LogP contribution in [0.2, 0.25) is 0 Å². The molecule has 1 radical (unpaired) electrons. The number of pyridine rings is 1. The van der Waals surface area contributed by atoms with Crippen LogP contribution in [0.5, 0.6) is 0 Å². The van der Waals surface area contributed by atoms with Crippen LogP contribution in [0.25, 0.3) is 16.6 Å². The standard InChI is InChI=1S/C21H20FN6O/c1-13-10-28-11-14(9-17(22)20(28)23-13)24-21(29)15-5-6-18(27-7-3-4-8-27)16-12-26(2)25-19(15)16/h3,5-6,9-12H,4,7-8H2,1-2H3,(H,24,29). The molecule has 0 atom stereocenters. The lowest BCUT2D eigenvalue weighted by Crippen LogP contribution is -2.19. The topological polar surface area (TPSA) is 67.5 Å². The number of nitrogens with one attached hydrogen (secondary N) is 1. The van der Waals surface area contributed by atoms with Crippen LogP contribution in [0, 0.1) is 19.2 Å². The molecule has 0 aliphatic carbocycles. The molecule has 147 valence electrons. The summed E-state index contributed by atoms with van der Waals surface area (Å²) in [6.07, 6.45) is 8.59. The first-order chi connectivity index (χ1) is 14.0. The molecule has 0 saturated carbocycles. The van der Waals surface area contributed by atoms with Gasteiger partial charge in [0.05, 0.1) is 16.9 Å². The van der Waals surface area contributed by atoms with Crippen molar-refractivity contribution in [3.8, 4) is 0 Å². The SMILES string of the molecule is Cc1cn2cc(NC(=O)c3ccc(N4C[CH]CC4)c4cn(C)nc34)cc(F)c2n1. The number of hydrogen-bond acceptors (Lipinski definition) is 4. The zero-order valence-corrected chi connectivity index (χ0v) is 16.2. The Morgan fingerprint density at radius 1 is 1.24 bits per heavy atom. The van der Waals surface area contributed by atoms with Gasteiger partial charge in [0.15, 0.2) is 11.5 Å². The minimum Gasteiger partial charge on any atom is -0.371 e. The average molecular weight is 391 g/mol. The number of rotatable bonds is 3. The van der Waals surface area contributed by atoms with E-state index >= 15 is 0 Å². The van der Waals surface area contributed by atoms with Crippen LogP contribution in [0.15, 0.2) is 36.8 Å². The number of halogens is 1. The number of nitrogens with zero attached hydrogens (tertiary/aromatic N) is 5. The highest BCUT2D eigenvalue weighted by Gasteiger charge is 2.21. The van der Waals surface area contributed by atoms with Gasteiger partial charge in [0.2, 0.25) is 0 Å². The Hall–Kier alpha value is -3.42. The molecule has 1 fully saturated rings. The minimum absolute atomic E-state index is 0.236. The number of aryl methyl sites for hydroxylation is 2. The zero-order chi connectivity index (χ0) is 20.1. The monoisotopic (exact) mass is 391 g/mol. The van der Waals surface area contributed by atoms with Gasteiger partial charge in [-0.2, -0.15) is 5.10 Å². The van der Waals surface area contributed by atoms with Gasteiger partial charge >= 0.3 is 0 Å². The Morgan fingerprint density at radius 2 is 2.10 bits per heavy atom. The molecule has 8 heteroatoms. The second-order valence-electron chi connectivity index (χ2n) is 7.36. The Labute approximate surface area is 166 Å². The van der Waals surface area contributed by atoms with Crippen molar-refractivity contribution in [3.05, 3.63) is 60.3 Å². The van der Waals surface area contributed by atoms with E-state index in [9.17, 15) is 9.18 Å². The molecule has 1 N–H and O–H groups in total. The summed E-state index contributed by atoms with van der Waals surface area (Å²) >= 11 is 0. The molecule has 1 aliphatic heterocycles. The molecule has 3 aromatic heterocycles. The smallest absolute Gasteiger partial charge is 0.257 e. The molecule has 4 heterocycles. The van der Waals surface area contributed by atoms with E-state index in [0.29, 0.717) is 22.5 Å². The number of aromatic nitrogens is 4. The fourth-order valence-electron chi connectivity index (χ4n) is 3.92. The van der Waals surface area contributed by atoms with Crippen molar-refractivity contribution in [1.29, 1.82) is 0 Å². The number of amides is 1. The van der Waals surface area contributed by atoms with E-state index in [0.717, 1.165) is 30.6 Å². The first-order valence-electron chi connectivity index (χ1n) is 9.49. The third-order valence-corrected chi connectivity index (χ3v) is 5.19. The average Bonchev–Trinajstić information content (AvgIpc) is 3.39. The van der Waals surface area contributed by atoms with Gasteiger partial charge in [0, 0.05) is 55.9 Å². The van der Waals surface area contributed by atoms with Crippen LogP contribution >= 0.6 is 0 Å². The third kappa shape index (κ3) is 3.00. The number of fused-ring (bicyclic) bond motifs is 2. The molecule has 1 amide bonds. The predicted molar refractivity (Wildman–Crippen MR) is 110 cm³/mol. The molecule has 5 rings (SSSR count). The number of anilines is 2. The number of imidazole rings is 1. The Bertz CT molecular complexity index is 1250. The van der Waals surface area contributed by atoms with E-state index < -0.39 is 5.82 Å². The van der Waals surface area contributed by atoms with Gasteiger partial charge in [-0.1, -0.05) is 0 Å². The summed E-state index contributed by atoms with van der Waals surface area (Å²) in [4.78, 5) is 19.4. The molecule has 7 nitrogen and oxygen atoms in total. The molecule has 1 aliphatic rings. The highest BCUT2D eigenvalue weighted by Crippen LogP contribution is 2.31. The Balaban J connectivity index is 1.52. The third-order valence-electron chi connectivity index (χ3n) is 5.19. The molecule has 29 heavy (non-hydrogen) atoms. The molecule has 0 bridgehead atoms. The summed E-state index contributed by atoms with van der Waals surface area (Å²) < 4.78 is 17.6. The number of hydrogen-bond donors (Lipinski definition) is 1. The van der Waals surface area contributed by atoms with Gasteiger partial charge in [-0.05, 0) is 31.9 Å². The highest BCUT2D eigenvalue weighted by molar-refractivity contribution is 6.13. The first-order valence-corrected chi connectivity index (χ1v) is 9.49. The molecule has 0 spiro atoms. The van der Waals surface area contributed by atoms with E-state index in [-0.39, 0.29) is 11.6 Å². The highest BCUT2D eigenvalue weighted by atomic mass is 19.1. The van der Waals surface area contributed by atoms with Crippen molar-refractivity contribution in [2.45, 2.75) is 13.3 Å². The van der Waals surface area contributed by atoms with Gasteiger partial charge in [-0.15, -0.1) is 0 Å². The number of benzene rings is 1. The normalized spacial score (nSPS) is 14.2. The van der Waals surface area contributed by atoms with Crippen molar-refractivity contribution in [3.63, 3.8) is 0 Å². The summed E-state index contributed by atoms with van der Waals surface area (Å²) in [5.74, 6) is -0.816. The molecular formula is C21H20FN6O. The molecule has 1 saturated heterocycles. The van der Waals surface area contributed by atoms with E-state index in [1.165, 1.54) is 6.07 Å². The van der Waals surface area contributed by atoms with Crippen LogP contribution in [0.4, 0.5) is 15.8 Å². The van der Waals surface area contributed by atoms with Crippen molar-refractivity contribution >= 4 is 33.8 Å². The van der Waals surface area contributed by atoms with Gasteiger partial charge in [0.1, 0.15) is 5.52 Å². The lowest BCUT2D eigenvalue weighted by atomic mass is 10.1. The Morgan fingerprint density at radius 3 is 2.90 bits per heavy atom. The van der Waals surface area contributed by atoms with Gasteiger partial charge in [-0.3, -0.25) is 9.48 Å². The summed E-state index contributed by atoms with van der Waals surface area (Å²) in [5, 5.41) is 8.24. The fourth-order valence-corrected chi connectivity index (χ4v) is 3.92. The molecule has 1 aromatic carbocycles. The fraction of sp³-hybridized carbons (Fsp3) is 0.238. The summed E-state index contributed by atoms with van der Waals surface area (Å²) in [5.41, 5.74) is 3.46. The van der Waals surface area contributed by atoms with Crippen molar-refractivity contribution < 1.29 is 9.18 Å². The van der Waals surface area contributed by atoms with Crippen molar-refractivity contribution in [1.82, 2.24) is 19.2 Å². The lowest BCUT2D eigenvalue weighted by Gasteiger charge is -2.19. The van der Waals surface area contributed by atoms with Crippen LogP contribution in [-0.2, 0) is 7.05 Å². The Kier molecular flexibility index (Phi) is 4.01. The first kappa shape index (κ1) is 17.7. The van der Waals surface area contributed by atoms with E-state index in [2.05, 4.69) is 26.7 Å². The van der Waals surface area contributed by atoms with Gasteiger partial charge in [0.25, 0.3) is 5.91 Å². The second kappa shape index (κ2) is 6.58. The van der Waals surface area contributed by atoms with E-state index in [1.807, 2.05) is 19.3 Å². The predicted octanol–water partition coefficient (Wildman–Crippen LogP) is 3.34. The second-order valence-corrected chi connectivity index (χ2v) is 7.36. The van der Waals surface area contributed by atoms with E-state index in [4.69, 9.17) is 0 Å². The van der Waals surface area contributed by atoms with Gasteiger partial charge < -0.3 is 14.6 Å². The zero-order valence-electron chi connectivity index (χ0n) is 16.2. The van der Waals surface area contributed by atoms with Crippen LogP contribution in [0.1, 0.15) is 22.5 Å². The molecular weight excluding hydrogens is 371 g/mol. The maximum Gasteiger partial charge on any atom is 0.257 e. The van der Waals surface area contributed by atoms with Crippen LogP contribution in [0.3, 0.4) is 0 Å². The quantitative estimate of drug-likeness (QED) is 0.582. The van der Waals surface area contributed by atoms with Crippen molar-refractivity contribution in [2.24, 2.45) is 7.05 Å². The van der Waals surface area contributed by atoms with Gasteiger partial charge in [-0.25, -0.2) is 9.37 Å². The lowest BCUT2D eigenvalue weighted by molar-refractivity contribution is 0.102. The maximum absolute atomic E-state index is 14.3.